The smallest absolute Gasteiger partial charge is 0.259 e. The predicted octanol–water partition coefficient (Wildman–Crippen LogP) is 2.55. The Hall–Kier alpha value is -2.26. The Morgan fingerprint density at radius 2 is 1.93 bits per heavy atom. The first-order valence-electron chi connectivity index (χ1n) is 9.06. The number of rotatable bonds is 4. The molecule has 2 heterocycles. The van der Waals surface area contributed by atoms with Gasteiger partial charge in [-0.1, -0.05) is 12.1 Å². The van der Waals surface area contributed by atoms with Gasteiger partial charge in [-0.05, 0) is 43.4 Å². The van der Waals surface area contributed by atoms with E-state index in [-0.39, 0.29) is 23.0 Å². The Balaban J connectivity index is 1.60. The summed E-state index contributed by atoms with van der Waals surface area (Å²) in [7, 11) is -3.11. The summed E-state index contributed by atoms with van der Waals surface area (Å²) >= 11 is 1.33. The highest BCUT2D eigenvalue weighted by Crippen LogP contribution is 2.39. The van der Waals surface area contributed by atoms with E-state index in [1.54, 1.807) is 6.07 Å². The Kier molecular flexibility index (Phi) is 4.96. The fourth-order valence-electron chi connectivity index (χ4n) is 3.71. The molecule has 4 rings (SSSR count). The van der Waals surface area contributed by atoms with Crippen LogP contribution in [-0.4, -0.2) is 37.8 Å². The van der Waals surface area contributed by atoms with E-state index >= 15 is 0 Å². The van der Waals surface area contributed by atoms with Gasteiger partial charge in [-0.2, -0.15) is 0 Å². The molecule has 1 aliphatic heterocycles. The van der Waals surface area contributed by atoms with Crippen LogP contribution >= 0.6 is 11.3 Å². The number of thiophene rings is 1. The molecule has 1 aromatic heterocycles. The van der Waals surface area contributed by atoms with Crippen molar-refractivity contribution in [2.75, 3.05) is 16.8 Å². The number of hydrogen-bond acceptors (Lipinski definition) is 5. The van der Waals surface area contributed by atoms with Crippen LogP contribution in [0.15, 0.2) is 24.3 Å². The molecule has 148 valence electrons. The van der Waals surface area contributed by atoms with Crippen molar-refractivity contribution in [2.24, 2.45) is 0 Å². The molecule has 9 heteroatoms. The number of benzene rings is 1. The van der Waals surface area contributed by atoms with Crippen molar-refractivity contribution in [1.29, 1.82) is 0 Å². The second-order valence-corrected chi connectivity index (χ2v) is 10.4. The minimum atomic E-state index is -3.11. The second-order valence-electron chi connectivity index (χ2n) is 7.07. The standard InChI is InChI=1S/C19H19FN2O4S2/c20-14-6-2-1-4-12(14)17(23)22-19-16(13-5-3-7-15(13)27-19)18(24)21-11-8-9-28(25,26)10-11/h1-2,4,6,11H,3,5,7-10H2,(H,21,24)(H,22,23)/t11-/m1/s1. The number of carbonyl (C=O) groups excluding carboxylic acids is 2. The predicted molar refractivity (Wildman–Crippen MR) is 105 cm³/mol. The van der Waals surface area contributed by atoms with Crippen molar-refractivity contribution in [3.8, 4) is 0 Å². The van der Waals surface area contributed by atoms with Gasteiger partial charge in [0, 0.05) is 10.9 Å². The lowest BCUT2D eigenvalue weighted by Gasteiger charge is -2.13. The van der Waals surface area contributed by atoms with Crippen molar-refractivity contribution in [1.82, 2.24) is 5.32 Å². The number of halogens is 1. The van der Waals surface area contributed by atoms with Crippen LogP contribution in [0.25, 0.3) is 0 Å². The third-order valence-electron chi connectivity index (χ3n) is 5.06. The fourth-order valence-corrected chi connectivity index (χ4v) is 6.67. The largest absolute Gasteiger partial charge is 0.348 e. The highest BCUT2D eigenvalue weighted by atomic mass is 32.2. The second kappa shape index (κ2) is 7.29. The average molecular weight is 423 g/mol. The molecule has 2 aliphatic rings. The van der Waals surface area contributed by atoms with Gasteiger partial charge in [0.15, 0.2) is 9.84 Å². The molecule has 0 bridgehead atoms. The summed E-state index contributed by atoms with van der Waals surface area (Å²) in [6.07, 6.45) is 2.87. The summed E-state index contributed by atoms with van der Waals surface area (Å²) in [4.78, 5) is 26.5. The van der Waals surface area contributed by atoms with Crippen LogP contribution in [0.5, 0.6) is 0 Å². The van der Waals surface area contributed by atoms with Crippen LogP contribution in [0.4, 0.5) is 9.39 Å². The van der Waals surface area contributed by atoms with Crippen molar-refractivity contribution in [3.63, 3.8) is 0 Å². The Bertz CT molecular complexity index is 1060. The molecule has 2 N–H and O–H groups in total. The summed E-state index contributed by atoms with van der Waals surface area (Å²) < 4.78 is 37.2. The summed E-state index contributed by atoms with van der Waals surface area (Å²) in [6.45, 7) is 0. The van der Waals surface area contributed by atoms with Gasteiger partial charge < -0.3 is 10.6 Å². The van der Waals surface area contributed by atoms with Gasteiger partial charge >= 0.3 is 0 Å². The van der Waals surface area contributed by atoms with E-state index in [0.29, 0.717) is 17.0 Å². The van der Waals surface area contributed by atoms with Gasteiger partial charge in [0.05, 0.1) is 22.6 Å². The number of anilines is 1. The van der Waals surface area contributed by atoms with Crippen molar-refractivity contribution >= 4 is 38.0 Å². The average Bonchev–Trinajstić information content (AvgIpc) is 3.29. The van der Waals surface area contributed by atoms with E-state index in [0.717, 1.165) is 29.7 Å². The Morgan fingerprint density at radius 3 is 2.64 bits per heavy atom. The fraction of sp³-hybridized carbons (Fsp3) is 0.368. The third kappa shape index (κ3) is 3.68. The van der Waals surface area contributed by atoms with Crippen LogP contribution in [0, 0.1) is 5.82 Å². The zero-order valence-electron chi connectivity index (χ0n) is 15.0. The van der Waals surface area contributed by atoms with E-state index in [1.807, 2.05) is 0 Å². The molecular formula is C19H19FN2O4S2. The lowest BCUT2D eigenvalue weighted by Crippen LogP contribution is -2.36. The first-order chi connectivity index (χ1) is 13.3. The summed E-state index contributed by atoms with van der Waals surface area (Å²) in [6, 6.07) is 5.23. The van der Waals surface area contributed by atoms with Crippen molar-refractivity contribution < 1.29 is 22.4 Å². The van der Waals surface area contributed by atoms with Crippen LogP contribution in [0.1, 0.15) is 44.0 Å². The monoisotopic (exact) mass is 422 g/mol. The minimum Gasteiger partial charge on any atom is -0.348 e. The van der Waals surface area contributed by atoms with E-state index < -0.39 is 27.6 Å². The number of amides is 2. The lowest BCUT2D eigenvalue weighted by atomic mass is 10.1. The summed E-state index contributed by atoms with van der Waals surface area (Å²) in [5, 5.41) is 5.86. The lowest BCUT2D eigenvalue weighted by molar-refractivity contribution is 0.0941. The molecule has 1 aromatic carbocycles. The molecule has 0 spiro atoms. The SMILES string of the molecule is O=C(Nc1sc2c(c1C(=O)N[C@@H]1CCS(=O)(=O)C1)CCC2)c1ccccc1F. The molecule has 0 radical (unpaired) electrons. The molecular weight excluding hydrogens is 403 g/mol. The van der Waals surface area contributed by atoms with Gasteiger partial charge in [-0.3, -0.25) is 9.59 Å². The molecule has 1 aliphatic carbocycles. The van der Waals surface area contributed by atoms with Crippen molar-refractivity contribution in [3.05, 3.63) is 51.7 Å². The normalized spacial score (nSPS) is 20.0. The number of carbonyl (C=O) groups is 2. The van der Waals surface area contributed by atoms with Gasteiger partial charge in [-0.15, -0.1) is 11.3 Å². The zero-order valence-corrected chi connectivity index (χ0v) is 16.6. The number of nitrogens with one attached hydrogen (secondary N) is 2. The topological polar surface area (TPSA) is 92.3 Å². The van der Waals surface area contributed by atoms with Crippen LogP contribution < -0.4 is 10.6 Å². The van der Waals surface area contributed by atoms with Gasteiger partial charge in [-0.25, -0.2) is 12.8 Å². The highest BCUT2D eigenvalue weighted by Gasteiger charge is 2.33. The van der Waals surface area contributed by atoms with Gasteiger partial charge in [0.25, 0.3) is 11.8 Å². The third-order valence-corrected chi connectivity index (χ3v) is 8.04. The van der Waals surface area contributed by atoms with Crippen LogP contribution in [-0.2, 0) is 22.7 Å². The van der Waals surface area contributed by atoms with Crippen LogP contribution in [0.2, 0.25) is 0 Å². The molecule has 0 saturated carbocycles. The zero-order chi connectivity index (χ0) is 19.9. The van der Waals surface area contributed by atoms with E-state index in [9.17, 15) is 22.4 Å². The Labute approximate surface area is 166 Å². The maximum absolute atomic E-state index is 13.9. The first kappa shape index (κ1) is 19.1. The molecule has 28 heavy (non-hydrogen) atoms. The maximum atomic E-state index is 13.9. The molecule has 1 atom stereocenters. The molecule has 2 amide bonds. The van der Waals surface area contributed by atoms with E-state index in [4.69, 9.17) is 0 Å². The van der Waals surface area contributed by atoms with E-state index in [1.165, 1.54) is 29.5 Å². The quantitative estimate of drug-likeness (QED) is 0.792. The first-order valence-corrected chi connectivity index (χ1v) is 11.7. The molecule has 1 saturated heterocycles. The summed E-state index contributed by atoms with van der Waals surface area (Å²) in [5.74, 6) is -1.63. The Morgan fingerprint density at radius 1 is 1.14 bits per heavy atom. The van der Waals surface area contributed by atoms with Gasteiger partial charge in [0.2, 0.25) is 0 Å². The molecule has 0 unspecified atom stereocenters. The highest BCUT2D eigenvalue weighted by molar-refractivity contribution is 7.91. The molecule has 6 nitrogen and oxygen atoms in total. The maximum Gasteiger partial charge on any atom is 0.259 e. The number of sulfone groups is 1. The van der Waals surface area contributed by atoms with Gasteiger partial charge in [0.1, 0.15) is 10.8 Å². The number of fused-ring (bicyclic) bond motifs is 1. The number of hydrogen-bond donors (Lipinski definition) is 2. The van der Waals surface area contributed by atoms with E-state index in [2.05, 4.69) is 10.6 Å². The molecule has 1 fully saturated rings. The van der Waals surface area contributed by atoms with Crippen molar-refractivity contribution in [2.45, 2.75) is 31.7 Å². The molecule has 2 aromatic rings. The number of aryl methyl sites for hydroxylation is 1. The summed E-state index contributed by atoms with van der Waals surface area (Å²) in [5.41, 5.74) is 1.18. The van der Waals surface area contributed by atoms with Crippen LogP contribution in [0.3, 0.4) is 0 Å². The minimum absolute atomic E-state index is 0.0660.